The van der Waals surface area contributed by atoms with Crippen LogP contribution in [-0.4, -0.2) is 24.2 Å². The summed E-state index contributed by atoms with van der Waals surface area (Å²) in [5.41, 5.74) is 2.21. The van der Waals surface area contributed by atoms with Gasteiger partial charge in [0.25, 0.3) is 0 Å². The van der Waals surface area contributed by atoms with Crippen molar-refractivity contribution in [3.63, 3.8) is 0 Å². The topological polar surface area (TPSA) is 49.3 Å². The summed E-state index contributed by atoms with van der Waals surface area (Å²) >= 11 is 0. The van der Waals surface area contributed by atoms with E-state index in [2.05, 4.69) is 5.32 Å². The molecular formula is C16H23NO2. The molecule has 104 valence electrons. The third kappa shape index (κ3) is 6.77. The molecule has 1 aromatic rings. The van der Waals surface area contributed by atoms with Crippen molar-refractivity contribution >= 4 is 12.0 Å². The summed E-state index contributed by atoms with van der Waals surface area (Å²) < 4.78 is 0. The van der Waals surface area contributed by atoms with Gasteiger partial charge in [-0.1, -0.05) is 36.8 Å². The van der Waals surface area contributed by atoms with Crippen molar-refractivity contribution in [2.75, 3.05) is 13.2 Å². The molecule has 3 heteroatoms. The van der Waals surface area contributed by atoms with Crippen LogP contribution in [-0.2, 0) is 4.79 Å². The van der Waals surface area contributed by atoms with Gasteiger partial charge in [-0.05, 0) is 37.3 Å². The molecule has 0 aromatic heterocycles. The monoisotopic (exact) mass is 261 g/mol. The van der Waals surface area contributed by atoms with Crippen LogP contribution in [0.4, 0.5) is 0 Å². The maximum Gasteiger partial charge on any atom is 0.243 e. The maximum absolute atomic E-state index is 11.6. The van der Waals surface area contributed by atoms with Crippen molar-refractivity contribution in [3.8, 4) is 0 Å². The molecule has 0 bridgehead atoms. The van der Waals surface area contributed by atoms with Crippen LogP contribution in [0, 0.1) is 12.8 Å². The summed E-state index contributed by atoms with van der Waals surface area (Å²) in [5, 5.41) is 11.7. The average Bonchev–Trinajstić information content (AvgIpc) is 2.41. The van der Waals surface area contributed by atoms with E-state index >= 15 is 0 Å². The van der Waals surface area contributed by atoms with Crippen molar-refractivity contribution < 1.29 is 9.90 Å². The summed E-state index contributed by atoms with van der Waals surface area (Å²) in [6.07, 6.45) is 5.20. The van der Waals surface area contributed by atoms with E-state index in [0.717, 1.165) is 18.4 Å². The molecule has 0 saturated carbocycles. The fourth-order valence-electron chi connectivity index (χ4n) is 1.76. The number of carbonyl (C=O) groups excluding carboxylic acids is 1. The van der Waals surface area contributed by atoms with Crippen molar-refractivity contribution in [1.29, 1.82) is 0 Å². The number of aliphatic hydroxyl groups excluding tert-OH is 1. The van der Waals surface area contributed by atoms with Crippen molar-refractivity contribution in [2.45, 2.75) is 26.7 Å². The normalized spacial score (nSPS) is 12.6. The van der Waals surface area contributed by atoms with E-state index in [-0.39, 0.29) is 12.5 Å². The van der Waals surface area contributed by atoms with Crippen molar-refractivity contribution in [3.05, 3.63) is 41.5 Å². The summed E-state index contributed by atoms with van der Waals surface area (Å²) in [4.78, 5) is 11.6. The van der Waals surface area contributed by atoms with Crippen LogP contribution in [0.5, 0.6) is 0 Å². The molecule has 3 nitrogen and oxygen atoms in total. The Morgan fingerprint density at radius 3 is 2.95 bits per heavy atom. The lowest BCUT2D eigenvalue weighted by Gasteiger charge is -2.07. The zero-order valence-electron chi connectivity index (χ0n) is 11.7. The number of hydrogen-bond donors (Lipinski definition) is 2. The molecule has 1 atom stereocenters. The SMILES string of the molecule is Cc1cccc(/C=C/C(=O)NCCCC(C)CO)c1. The lowest BCUT2D eigenvalue weighted by molar-refractivity contribution is -0.116. The molecule has 19 heavy (non-hydrogen) atoms. The molecule has 2 N–H and O–H groups in total. The predicted octanol–water partition coefficient (Wildman–Crippen LogP) is 2.53. The van der Waals surface area contributed by atoms with Crippen molar-refractivity contribution in [2.24, 2.45) is 5.92 Å². The lowest BCUT2D eigenvalue weighted by Crippen LogP contribution is -2.22. The molecule has 1 unspecified atom stereocenters. The zero-order chi connectivity index (χ0) is 14.1. The molecule has 0 aliphatic heterocycles. The molecule has 0 aliphatic rings. The Morgan fingerprint density at radius 1 is 1.47 bits per heavy atom. The van der Waals surface area contributed by atoms with Crippen LogP contribution < -0.4 is 5.32 Å². The molecule has 0 heterocycles. The fraction of sp³-hybridized carbons (Fsp3) is 0.438. The quantitative estimate of drug-likeness (QED) is 0.585. The summed E-state index contributed by atoms with van der Waals surface area (Å²) in [6.45, 7) is 4.89. The second-order valence-corrected chi connectivity index (χ2v) is 4.97. The minimum Gasteiger partial charge on any atom is -0.396 e. The number of benzene rings is 1. The Balaban J connectivity index is 2.27. The highest BCUT2D eigenvalue weighted by Crippen LogP contribution is 2.05. The number of rotatable bonds is 7. The molecule has 0 radical (unpaired) electrons. The van der Waals surface area contributed by atoms with Gasteiger partial charge in [-0.2, -0.15) is 0 Å². The predicted molar refractivity (Wildman–Crippen MR) is 78.7 cm³/mol. The van der Waals surface area contributed by atoms with Gasteiger partial charge < -0.3 is 10.4 Å². The first-order valence-electron chi connectivity index (χ1n) is 6.75. The Bertz CT molecular complexity index is 427. The maximum atomic E-state index is 11.6. The number of nitrogens with one attached hydrogen (secondary N) is 1. The third-order valence-electron chi connectivity index (χ3n) is 2.95. The molecular weight excluding hydrogens is 238 g/mol. The molecule has 1 amide bonds. The fourth-order valence-corrected chi connectivity index (χ4v) is 1.76. The average molecular weight is 261 g/mol. The standard InChI is InChI=1S/C16H23NO2/c1-13-5-3-7-15(11-13)8-9-16(19)17-10-4-6-14(2)12-18/h3,5,7-9,11,14,18H,4,6,10,12H2,1-2H3,(H,17,19)/b9-8+. The van der Waals surface area contributed by atoms with Crippen LogP contribution in [0.25, 0.3) is 6.08 Å². The van der Waals surface area contributed by atoms with E-state index in [1.165, 1.54) is 5.56 Å². The molecule has 1 rings (SSSR count). The lowest BCUT2D eigenvalue weighted by atomic mass is 10.1. The second-order valence-electron chi connectivity index (χ2n) is 4.97. The van der Waals surface area contributed by atoms with E-state index < -0.39 is 0 Å². The van der Waals surface area contributed by atoms with E-state index in [4.69, 9.17) is 5.11 Å². The van der Waals surface area contributed by atoms with Crippen LogP contribution in [0.15, 0.2) is 30.3 Å². The van der Waals surface area contributed by atoms with Gasteiger partial charge >= 0.3 is 0 Å². The number of aliphatic hydroxyl groups is 1. The smallest absolute Gasteiger partial charge is 0.243 e. The first kappa shape index (κ1) is 15.4. The van der Waals surface area contributed by atoms with Gasteiger partial charge in [0.1, 0.15) is 0 Å². The van der Waals surface area contributed by atoms with Gasteiger partial charge in [-0.3, -0.25) is 4.79 Å². The highest BCUT2D eigenvalue weighted by atomic mass is 16.3. The number of amides is 1. The highest BCUT2D eigenvalue weighted by molar-refractivity contribution is 5.91. The Hall–Kier alpha value is -1.61. The van der Waals surface area contributed by atoms with Gasteiger partial charge in [0.05, 0.1) is 0 Å². The molecule has 0 spiro atoms. The third-order valence-corrected chi connectivity index (χ3v) is 2.95. The number of carbonyl (C=O) groups is 1. The van der Waals surface area contributed by atoms with E-state index in [1.54, 1.807) is 6.08 Å². The number of aryl methyl sites for hydroxylation is 1. The second kappa shape index (κ2) is 8.48. The van der Waals surface area contributed by atoms with Crippen LogP contribution >= 0.6 is 0 Å². The minimum absolute atomic E-state index is 0.0712. The van der Waals surface area contributed by atoms with E-state index in [1.807, 2.05) is 44.2 Å². The molecule has 0 aliphatic carbocycles. The number of hydrogen-bond acceptors (Lipinski definition) is 2. The summed E-state index contributed by atoms with van der Waals surface area (Å²) in [5.74, 6) is 0.234. The minimum atomic E-state index is -0.0712. The van der Waals surface area contributed by atoms with Gasteiger partial charge in [0.2, 0.25) is 5.91 Å². The van der Waals surface area contributed by atoms with E-state index in [9.17, 15) is 4.79 Å². The van der Waals surface area contributed by atoms with Crippen LogP contribution in [0.3, 0.4) is 0 Å². The highest BCUT2D eigenvalue weighted by Gasteiger charge is 2.00. The van der Waals surface area contributed by atoms with Gasteiger partial charge in [-0.25, -0.2) is 0 Å². The summed E-state index contributed by atoms with van der Waals surface area (Å²) in [6, 6.07) is 8.01. The van der Waals surface area contributed by atoms with Gasteiger partial charge in [-0.15, -0.1) is 0 Å². The summed E-state index contributed by atoms with van der Waals surface area (Å²) in [7, 11) is 0. The van der Waals surface area contributed by atoms with Crippen LogP contribution in [0.2, 0.25) is 0 Å². The first-order chi connectivity index (χ1) is 9.11. The molecule has 0 fully saturated rings. The van der Waals surface area contributed by atoms with Crippen LogP contribution in [0.1, 0.15) is 30.9 Å². The van der Waals surface area contributed by atoms with Gasteiger partial charge in [0, 0.05) is 19.2 Å². The Kier molecular flexibility index (Phi) is 6.90. The largest absolute Gasteiger partial charge is 0.396 e. The molecule has 1 aromatic carbocycles. The van der Waals surface area contributed by atoms with Gasteiger partial charge in [0.15, 0.2) is 0 Å². The zero-order valence-corrected chi connectivity index (χ0v) is 11.7. The van der Waals surface area contributed by atoms with E-state index in [0.29, 0.717) is 12.5 Å². The molecule has 0 saturated heterocycles. The Labute approximate surface area is 115 Å². The first-order valence-corrected chi connectivity index (χ1v) is 6.75. The van der Waals surface area contributed by atoms with Crippen molar-refractivity contribution in [1.82, 2.24) is 5.32 Å². The Morgan fingerprint density at radius 2 is 2.26 bits per heavy atom.